The van der Waals surface area contributed by atoms with Crippen molar-refractivity contribution in [2.24, 2.45) is 0 Å². The highest BCUT2D eigenvalue weighted by Gasteiger charge is 2.12. The maximum atomic E-state index is 6.07. The van der Waals surface area contributed by atoms with Gasteiger partial charge in [-0.3, -0.25) is 0 Å². The maximum Gasteiger partial charge on any atom is 0.0642 e. The van der Waals surface area contributed by atoms with E-state index in [0.29, 0.717) is 5.92 Å². The highest BCUT2D eigenvalue weighted by molar-refractivity contribution is 5.61. The first-order valence-corrected chi connectivity index (χ1v) is 5.90. The number of rotatable bonds is 2. The molecule has 1 heterocycles. The lowest BCUT2D eigenvalue weighted by molar-refractivity contribution is 0.122. The van der Waals surface area contributed by atoms with Gasteiger partial charge in [-0.25, -0.2) is 0 Å². The SMILES string of the molecule is CC(C)c1ccc(N2CCOCC2)cc1N. The molecular formula is C13H20N2O. The Morgan fingerprint density at radius 1 is 1.25 bits per heavy atom. The molecule has 2 rings (SSSR count). The molecule has 0 aromatic heterocycles. The van der Waals surface area contributed by atoms with Crippen molar-refractivity contribution >= 4 is 11.4 Å². The minimum atomic E-state index is 0.485. The number of hydrogen-bond acceptors (Lipinski definition) is 3. The van der Waals surface area contributed by atoms with Crippen LogP contribution in [0.25, 0.3) is 0 Å². The summed E-state index contributed by atoms with van der Waals surface area (Å²) in [4.78, 5) is 2.32. The van der Waals surface area contributed by atoms with Crippen LogP contribution in [0.1, 0.15) is 25.3 Å². The first-order valence-electron chi connectivity index (χ1n) is 5.90. The fourth-order valence-corrected chi connectivity index (χ4v) is 2.11. The van der Waals surface area contributed by atoms with Crippen molar-refractivity contribution in [3.8, 4) is 0 Å². The number of nitrogens with zero attached hydrogens (tertiary/aromatic N) is 1. The predicted octanol–water partition coefficient (Wildman–Crippen LogP) is 2.23. The Kier molecular flexibility index (Phi) is 3.34. The van der Waals surface area contributed by atoms with Gasteiger partial charge in [0.2, 0.25) is 0 Å². The molecule has 1 aliphatic rings. The summed E-state index contributed by atoms with van der Waals surface area (Å²) in [5, 5.41) is 0. The molecule has 1 saturated heterocycles. The maximum absolute atomic E-state index is 6.07. The van der Waals surface area contributed by atoms with Crippen LogP contribution in [-0.4, -0.2) is 26.3 Å². The van der Waals surface area contributed by atoms with Gasteiger partial charge < -0.3 is 15.4 Å². The minimum absolute atomic E-state index is 0.485. The first-order chi connectivity index (χ1) is 7.68. The predicted molar refractivity (Wildman–Crippen MR) is 68.0 cm³/mol. The topological polar surface area (TPSA) is 38.5 Å². The molecule has 0 atom stereocenters. The molecule has 0 saturated carbocycles. The molecule has 2 N–H and O–H groups in total. The van der Waals surface area contributed by atoms with Crippen molar-refractivity contribution in [3.63, 3.8) is 0 Å². The summed E-state index contributed by atoms with van der Waals surface area (Å²) in [6.45, 7) is 7.87. The number of benzene rings is 1. The van der Waals surface area contributed by atoms with E-state index in [1.807, 2.05) is 0 Å². The van der Waals surface area contributed by atoms with Gasteiger partial charge in [0.1, 0.15) is 0 Å². The number of nitrogens with two attached hydrogens (primary N) is 1. The van der Waals surface area contributed by atoms with Crippen LogP contribution in [0.15, 0.2) is 18.2 Å². The summed E-state index contributed by atoms with van der Waals surface area (Å²) in [5.41, 5.74) is 9.42. The molecule has 1 aliphatic heterocycles. The van der Waals surface area contributed by atoms with E-state index in [-0.39, 0.29) is 0 Å². The lowest BCUT2D eigenvalue weighted by Crippen LogP contribution is -2.36. The summed E-state index contributed by atoms with van der Waals surface area (Å²) >= 11 is 0. The van der Waals surface area contributed by atoms with Crippen LogP contribution in [0.3, 0.4) is 0 Å². The Balaban J connectivity index is 2.19. The second-order valence-corrected chi connectivity index (χ2v) is 4.57. The van der Waals surface area contributed by atoms with Gasteiger partial charge in [0.15, 0.2) is 0 Å². The molecule has 1 fully saturated rings. The standard InChI is InChI=1S/C13H20N2O/c1-10(2)12-4-3-11(9-13(12)14)15-5-7-16-8-6-15/h3-4,9-10H,5-8,14H2,1-2H3. The fraction of sp³-hybridized carbons (Fsp3) is 0.538. The summed E-state index contributed by atoms with van der Waals surface area (Å²) in [5.74, 6) is 0.485. The fourth-order valence-electron chi connectivity index (χ4n) is 2.11. The molecule has 1 aromatic rings. The smallest absolute Gasteiger partial charge is 0.0642 e. The van der Waals surface area contributed by atoms with Gasteiger partial charge >= 0.3 is 0 Å². The van der Waals surface area contributed by atoms with Gasteiger partial charge in [-0.2, -0.15) is 0 Å². The van der Waals surface area contributed by atoms with E-state index in [1.54, 1.807) is 0 Å². The highest BCUT2D eigenvalue weighted by atomic mass is 16.5. The van der Waals surface area contributed by atoms with Crippen molar-refractivity contribution in [1.82, 2.24) is 0 Å². The van der Waals surface area contributed by atoms with Crippen molar-refractivity contribution in [1.29, 1.82) is 0 Å². The van der Waals surface area contributed by atoms with Gasteiger partial charge in [-0.1, -0.05) is 19.9 Å². The molecule has 0 radical (unpaired) electrons. The molecule has 88 valence electrons. The van der Waals surface area contributed by atoms with Gasteiger partial charge in [-0.05, 0) is 23.6 Å². The summed E-state index contributed by atoms with van der Waals surface area (Å²) in [6.07, 6.45) is 0. The molecule has 0 spiro atoms. The Hall–Kier alpha value is -1.22. The summed E-state index contributed by atoms with van der Waals surface area (Å²) < 4.78 is 5.34. The van der Waals surface area contributed by atoms with E-state index in [9.17, 15) is 0 Å². The van der Waals surface area contributed by atoms with Crippen LogP contribution in [0.5, 0.6) is 0 Å². The average molecular weight is 220 g/mol. The summed E-state index contributed by atoms with van der Waals surface area (Å²) in [7, 11) is 0. The third-order valence-electron chi connectivity index (χ3n) is 3.07. The monoisotopic (exact) mass is 220 g/mol. The molecule has 0 aliphatic carbocycles. The highest BCUT2D eigenvalue weighted by Crippen LogP contribution is 2.27. The van der Waals surface area contributed by atoms with E-state index in [4.69, 9.17) is 10.5 Å². The quantitative estimate of drug-likeness (QED) is 0.777. The largest absolute Gasteiger partial charge is 0.398 e. The first kappa shape index (κ1) is 11.3. The second-order valence-electron chi connectivity index (χ2n) is 4.57. The third kappa shape index (κ3) is 2.30. The molecule has 1 aromatic carbocycles. The van der Waals surface area contributed by atoms with Crippen LogP contribution < -0.4 is 10.6 Å². The van der Waals surface area contributed by atoms with Crippen LogP contribution in [0, 0.1) is 0 Å². The Morgan fingerprint density at radius 3 is 2.50 bits per heavy atom. The lowest BCUT2D eigenvalue weighted by atomic mass is 10.0. The zero-order chi connectivity index (χ0) is 11.5. The van der Waals surface area contributed by atoms with Crippen LogP contribution in [-0.2, 0) is 4.74 Å². The number of morpholine rings is 1. The minimum Gasteiger partial charge on any atom is -0.398 e. The molecule has 3 heteroatoms. The molecule has 0 bridgehead atoms. The second kappa shape index (κ2) is 4.74. The summed E-state index contributed by atoms with van der Waals surface area (Å²) in [6, 6.07) is 6.39. The van der Waals surface area contributed by atoms with Crippen molar-refractivity contribution < 1.29 is 4.74 Å². The van der Waals surface area contributed by atoms with Gasteiger partial charge in [-0.15, -0.1) is 0 Å². The molecular weight excluding hydrogens is 200 g/mol. The zero-order valence-corrected chi connectivity index (χ0v) is 10.1. The van der Waals surface area contributed by atoms with E-state index in [2.05, 4.69) is 36.9 Å². The van der Waals surface area contributed by atoms with E-state index < -0.39 is 0 Å². The van der Waals surface area contributed by atoms with Crippen molar-refractivity contribution in [3.05, 3.63) is 23.8 Å². The molecule has 0 amide bonds. The van der Waals surface area contributed by atoms with E-state index in [1.165, 1.54) is 11.3 Å². The van der Waals surface area contributed by atoms with Crippen molar-refractivity contribution in [2.75, 3.05) is 36.9 Å². The van der Waals surface area contributed by atoms with Crippen molar-refractivity contribution in [2.45, 2.75) is 19.8 Å². The number of ether oxygens (including phenoxy) is 1. The van der Waals surface area contributed by atoms with Gasteiger partial charge in [0.05, 0.1) is 13.2 Å². The molecule has 0 unspecified atom stereocenters. The number of hydrogen-bond donors (Lipinski definition) is 1. The normalized spacial score (nSPS) is 16.8. The molecule has 16 heavy (non-hydrogen) atoms. The van der Waals surface area contributed by atoms with E-state index >= 15 is 0 Å². The third-order valence-corrected chi connectivity index (χ3v) is 3.07. The van der Waals surface area contributed by atoms with Crippen LogP contribution in [0.4, 0.5) is 11.4 Å². The Labute approximate surface area is 97.2 Å². The van der Waals surface area contributed by atoms with E-state index in [0.717, 1.165) is 32.0 Å². The number of nitrogen functional groups attached to an aromatic ring is 1. The molecule has 3 nitrogen and oxygen atoms in total. The zero-order valence-electron chi connectivity index (χ0n) is 10.1. The van der Waals surface area contributed by atoms with Gasteiger partial charge in [0.25, 0.3) is 0 Å². The van der Waals surface area contributed by atoms with Gasteiger partial charge in [0, 0.05) is 24.5 Å². The van der Waals surface area contributed by atoms with Crippen LogP contribution >= 0.6 is 0 Å². The Morgan fingerprint density at radius 2 is 1.94 bits per heavy atom. The lowest BCUT2D eigenvalue weighted by Gasteiger charge is -2.29. The average Bonchev–Trinajstić information content (AvgIpc) is 2.29. The van der Waals surface area contributed by atoms with Crippen LogP contribution in [0.2, 0.25) is 0 Å². The number of anilines is 2. The Bertz CT molecular complexity index is 357.